The van der Waals surface area contributed by atoms with E-state index in [4.69, 9.17) is 8.83 Å². The molecule has 0 aliphatic carbocycles. The minimum atomic E-state index is -0.345. The number of hydrogen-bond donors (Lipinski definition) is 2. The second kappa shape index (κ2) is 2.99. The van der Waals surface area contributed by atoms with Crippen molar-refractivity contribution >= 4 is 12.7 Å². The van der Waals surface area contributed by atoms with Crippen molar-refractivity contribution in [2.45, 2.75) is 0 Å². The molecule has 4 nitrogen and oxygen atoms in total. The fraction of sp³-hybridized carbons (Fsp3) is 0. The SMILES string of the molecule is C=c1o/c(=C/c2ccco2)c(O)c1O. The van der Waals surface area contributed by atoms with Crippen LogP contribution in [-0.2, 0) is 0 Å². The maximum atomic E-state index is 9.36. The molecule has 0 radical (unpaired) electrons. The van der Waals surface area contributed by atoms with Gasteiger partial charge in [-0.3, -0.25) is 0 Å². The Bertz CT molecular complexity index is 533. The molecule has 0 aliphatic rings. The molecule has 2 aromatic heterocycles. The Kier molecular flexibility index (Phi) is 1.81. The van der Waals surface area contributed by atoms with Crippen molar-refractivity contribution in [3.63, 3.8) is 0 Å². The summed E-state index contributed by atoms with van der Waals surface area (Å²) < 4.78 is 10.0. The highest BCUT2D eigenvalue weighted by atomic mass is 16.4. The third-order valence-electron chi connectivity index (χ3n) is 1.77. The fourth-order valence-corrected chi connectivity index (χ4v) is 1.08. The summed E-state index contributed by atoms with van der Waals surface area (Å²) in [5.41, 5.74) is 0.155. The van der Waals surface area contributed by atoms with Crippen molar-refractivity contribution < 1.29 is 19.0 Å². The lowest BCUT2D eigenvalue weighted by atomic mass is 10.4. The summed E-state index contributed by atoms with van der Waals surface area (Å²) in [6.45, 7) is 3.40. The Morgan fingerprint density at radius 2 is 2.07 bits per heavy atom. The van der Waals surface area contributed by atoms with Crippen LogP contribution in [0.25, 0.3) is 12.7 Å². The second-order valence-corrected chi connectivity index (χ2v) is 2.75. The van der Waals surface area contributed by atoms with Gasteiger partial charge in [-0.15, -0.1) is 0 Å². The molecule has 2 aromatic rings. The first-order valence-electron chi connectivity index (χ1n) is 3.93. The molecule has 0 unspecified atom stereocenters. The van der Waals surface area contributed by atoms with Gasteiger partial charge < -0.3 is 19.0 Å². The van der Waals surface area contributed by atoms with Crippen LogP contribution in [0, 0.1) is 0 Å². The van der Waals surface area contributed by atoms with Crippen molar-refractivity contribution in [2.24, 2.45) is 0 Å². The monoisotopic (exact) mass is 192 g/mol. The molecule has 2 rings (SSSR count). The van der Waals surface area contributed by atoms with E-state index in [1.54, 1.807) is 12.1 Å². The Morgan fingerprint density at radius 1 is 1.29 bits per heavy atom. The molecule has 2 N–H and O–H groups in total. The van der Waals surface area contributed by atoms with Crippen LogP contribution in [0.15, 0.2) is 27.2 Å². The lowest BCUT2D eigenvalue weighted by molar-refractivity contribution is 0.403. The van der Waals surface area contributed by atoms with E-state index in [0.717, 1.165) is 0 Å². The van der Waals surface area contributed by atoms with Gasteiger partial charge in [0, 0.05) is 6.08 Å². The smallest absolute Gasteiger partial charge is 0.205 e. The van der Waals surface area contributed by atoms with Crippen molar-refractivity contribution in [3.05, 3.63) is 35.0 Å². The fourth-order valence-electron chi connectivity index (χ4n) is 1.08. The Labute approximate surface area is 79.0 Å². The zero-order chi connectivity index (χ0) is 10.1. The summed E-state index contributed by atoms with van der Waals surface area (Å²) in [5.74, 6) is -0.150. The summed E-state index contributed by atoms with van der Waals surface area (Å²) >= 11 is 0. The van der Waals surface area contributed by atoms with Crippen LogP contribution in [0.1, 0.15) is 5.76 Å². The normalized spacial score (nSPS) is 12.1. The summed E-state index contributed by atoms with van der Waals surface area (Å²) in [7, 11) is 0. The molecule has 72 valence electrons. The van der Waals surface area contributed by atoms with Gasteiger partial charge in [0.15, 0.2) is 10.8 Å². The van der Waals surface area contributed by atoms with Gasteiger partial charge in [0.1, 0.15) is 5.76 Å². The van der Waals surface area contributed by atoms with Crippen molar-refractivity contribution in [1.82, 2.24) is 0 Å². The molecule has 14 heavy (non-hydrogen) atoms. The second-order valence-electron chi connectivity index (χ2n) is 2.75. The van der Waals surface area contributed by atoms with Crippen LogP contribution >= 0.6 is 0 Å². The number of rotatable bonds is 1. The quantitative estimate of drug-likeness (QED) is 0.691. The number of furan rings is 2. The summed E-state index contributed by atoms with van der Waals surface area (Å²) in [6.07, 6.45) is 2.96. The molecule has 0 spiro atoms. The predicted molar refractivity (Wildman–Crippen MR) is 49.1 cm³/mol. The standard InChI is InChI=1S/C10H8O4/c1-6-9(11)10(12)8(14-6)5-7-3-2-4-13-7/h2-5,11-12H,1H2/b8-5+. The van der Waals surface area contributed by atoms with E-state index in [9.17, 15) is 10.2 Å². The summed E-state index contributed by atoms with van der Waals surface area (Å²) in [5, 5.41) is 18.6. The molecule has 0 atom stereocenters. The molecular formula is C10H8O4. The molecule has 0 fully saturated rings. The third-order valence-corrected chi connectivity index (χ3v) is 1.77. The van der Waals surface area contributed by atoms with E-state index in [1.165, 1.54) is 12.3 Å². The first-order chi connectivity index (χ1) is 6.68. The van der Waals surface area contributed by atoms with Gasteiger partial charge >= 0.3 is 0 Å². The molecule has 0 saturated heterocycles. The largest absolute Gasteiger partial charge is 0.502 e. The molecular weight excluding hydrogens is 184 g/mol. The van der Waals surface area contributed by atoms with Gasteiger partial charge in [-0.05, 0) is 12.1 Å². The summed E-state index contributed by atoms with van der Waals surface area (Å²) in [6, 6.07) is 3.40. The van der Waals surface area contributed by atoms with Crippen LogP contribution < -0.4 is 10.8 Å². The van der Waals surface area contributed by atoms with E-state index in [0.29, 0.717) is 5.76 Å². The van der Waals surface area contributed by atoms with Gasteiger partial charge in [0.2, 0.25) is 11.5 Å². The minimum Gasteiger partial charge on any atom is -0.502 e. The number of hydrogen-bond acceptors (Lipinski definition) is 4. The first-order valence-corrected chi connectivity index (χ1v) is 3.93. The van der Waals surface area contributed by atoms with Gasteiger partial charge in [0.25, 0.3) is 0 Å². The molecule has 0 aliphatic heterocycles. The van der Waals surface area contributed by atoms with Crippen molar-refractivity contribution in [3.8, 4) is 11.5 Å². The van der Waals surface area contributed by atoms with E-state index < -0.39 is 0 Å². The van der Waals surface area contributed by atoms with Crippen LogP contribution in [0.3, 0.4) is 0 Å². The van der Waals surface area contributed by atoms with Crippen molar-refractivity contribution in [2.75, 3.05) is 0 Å². The highest BCUT2D eigenvalue weighted by molar-refractivity contribution is 5.47. The average molecular weight is 192 g/mol. The third kappa shape index (κ3) is 1.26. The molecule has 4 heteroatoms. The van der Waals surface area contributed by atoms with Crippen LogP contribution in [0.4, 0.5) is 0 Å². The van der Waals surface area contributed by atoms with Crippen LogP contribution in [0.5, 0.6) is 11.5 Å². The highest BCUT2D eigenvalue weighted by Crippen LogP contribution is 2.14. The van der Waals surface area contributed by atoms with Crippen LogP contribution in [0.2, 0.25) is 0 Å². The van der Waals surface area contributed by atoms with Gasteiger partial charge in [-0.25, -0.2) is 0 Å². The molecule has 2 heterocycles. The topological polar surface area (TPSA) is 66.7 Å². The number of aromatic hydroxyl groups is 2. The highest BCUT2D eigenvalue weighted by Gasteiger charge is 2.07. The molecule has 0 saturated carbocycles. The van der Waals surface area contributed by atoms with Gasteiger partial charge in [-0.2, -0.15) is 0 Å². The zero-order valence-electron chi connectivity index (χ0n) is 7.23. The molecule has 0 amide bonds. The lowest BCUT2D eigenvalue weighted by Crippen LogP contribution is -1.97. The summed E-state index contributed by atoms with van der Waals surface area (Å²) in [4.78, 5) is 0. The zero-order valence-corrected chi connectivity index (χ0v) is 7.23. The predicted octanol–water partition coefficient (Wildman–Crippen LogP) is 0.523. The van der Waals surface area contributed by atoms with E-state index in [-0.39, 0.29) is 22.3 Å². The van der Waals surface area contributed by atoms with E-state index >= 15 is 0 Å². The molecule has 0 aromatic carbocycles. The minimum absolute atomic E-state index is 0.0281. The maximum absolute atomic E-state index is 9.36. The first kappa shape index (κ1) is 8.50. The van der Waals surface area contributed by atoms with E-state index in [1.807, 2.05) is 0 Å². The van der Waals surface area contributed by atoms with Crippen molar-refractivity contribution in [1.29, 1.82) is 0 Å². The lowest BCUT2D eigenvalue weighted by Gasteiger charge is -1.83. The van der Waals surface area contributed by atoms with E-state index in [2.05, 4.69) is 6.58 Å². The van der Waals surface area contributed by atoms with Gasteiger partial charge in [-0.1, -0.05) is 6.58 Å². The van der Waals surface area contributed by atoms with Crippen LogP contribution in [-0.4, -0.2) is 10.2 Å². The Hall–Kier alpha value is -2.10. The van der Waals surface area contributed by atoms with Gasteiger partial charge in [0.05, 0.1) is 6.26 Å². The Balaban J connectivity index is 2.63. The Morgan fingerprint density at radius 3 is 2.57 bits per heavy atom. The average Bonchev–Trinajstić information content (AvgIpc) is 2.73. The maximum Gasteiger partial charge on any atom is 0.205 e. The molecule has 0 bridgehead atoms.